The molecular formula is C20H17N3O2S. The van der Waals surface area contributed by atoms with Crippen molar-refractivity contribution in [3.8, 4) is 6.07 Å². The molecule has 0 aliphatic carbocycles. The first kappa shape index (κ1) is 17.8. The second-order valence-corrected chi connectivity index (χ2v) is 6.75. The van der Waals surface area contributed by atoms with Gasteiger partial charge >= 0.3 is 0 Å². The highest BCUT2D eigenvalue weighted by Gasteiger charge is 2.20. The standard InChI is InChI=1S/C20H17N3O2S/c1-25-18(16-5-3-2-4-6-16)19(24)23-20-22-13-17(26-20)11-14-7-9-15(12-21)10-8-14/h2-10,13,18H,11H2,1H3,(H,22,23,24). The van der Waals surface area contributed by atoms with E-state index in [2.05, 4.69) is 16.4 Å². The van der Waals surface area contributed by atoms with Crippen LogP contribution in [0.3, 0.4) is 0 Å². The number of aromatic nitrogens is 1. The van der Waals surface area contributed by atoms with Gasteiger partial charge in [0.2, 0.25) is 0 Å². The zero-order valence-electron chi connectivity index (χ0n) is 14.2. The molecule has 0 bridgehead atoms. The number of hydrogen-bond donors (Lipinski definition) is 1. The number of benzene rings is 2. The van der Waals surface area contributed by atoms with Crippen LogP contribution in [0.15, 0.2) is 60.8 Å². The van der Waals surface area contributed by atoms with E-state index in [1.807, 2.05) is 42.5 Å². The third-order valence-electron chi connectivity index (χ3n) is 3.82. The average Bonchev–Trinajstić information content (AvgIpc) is 3.10. The van der Waals surface area contributed by atoms with Crippen LogP contribution < -0.4 is 5.32 Å². The monoisotopic (exact) mass is 363 g/mol. The van der Waals surface area contributed by atoms with E-state index in [0.29, 0.717) is 17.1 Å². The van der Waals surface area contributed by atoms with E-state index in [1.165, 1.54) is 18.4 Å². The zero-order chi connectivity index (χ0) is 18.4. The molecule has 130 valence electrons. The molecule has 0 saturated heterocycles. The van der Waals surface area contributed by atoms with Crippen molar-refractivity contribution in [2.75, 3.05) is 12.4 Å². The Labute approximate surface area is 155 Å². The zero-order valence-corrected chi connectivity index (χ0v) is 15.0. The molecule has 1 N–H and O–H groups in total. The van der Waals surface area contributed by atoms with E-state index in [-0.39, 0.29) is 5.91 Å². The highest BCUT2D eigenvalue weighted by molar-refractivity contribution is 7.15. The van der Waals surface area contributed by atoms with Gasteiger partial charge in [0.25, 0.3) is 5.91 Å². The molecular weight excluding hydrogens is 346 g/mol. The van der Waals surface area contributed by atoms with Crippen LogP contribution in [0.2, 0.25) is 0 Å². The minimum absolute atomic E-state index is 0.252. The molecule has 6 heteroatoms. The van der Waals surface area contributed by atoms with E-state index in [0.717, 1.165) is 16.0 Å². The number of anilines is 1. The summed E-state index contributed by atoms with van der Waals surface area (Å²) in [5.74, 6) is -0.252. The van der Waals surface area contributed by atoms with E-state index in [9.17, 15) is 4.79 Å². The number of nitriles is 1. The van der Waals surface area contributed by atoms with E-state index < -0.39 is 6.10 Å². The van der Waals surface area contributed by atoms with Crippen molar-refractivity contribution in [2.24, 2.45) is 0 Å². The third kappa shape index (κ3) is 4.33. The summed E-state index contributed by atoms with van der Waals surface area (Å²) < 4.78 is 5.33. The number of carbonyl (C=O) groups is 1. The Bertz CT molecular complexity index is 914. The molecule has 1 atom stereocenters. The molecule has 2 aromatic carbocycles. The number of methoxy groups -OCH3 is 1. The Balaban J connectivity index is 1.65. The number of amides is 1. The topological polar surface area (TPSA) is 75.0 Å². The molecule has 1 heterocycles. The lowest BCUT2D eigenvalue weighted by molar-refractivity contribution is -0.126. The predicted molar refractivity (Wildman–Crippen MR) is 101 cm³/mol. The molecule has 0 aliphatic rings. The Morgan fingerprint density at radius 2 is 1.96 bits per heavy atom. The van der Waals surface area contributed by atoms with Crippen LogP contribution >= 0.6 is 11.3 Å². The first-order valence-electron chi connectivity index (χ1n) is 8.02. The van der Waals surface area contributed by atoms with Crippen LogP contribution in [0.25, 0.3) is 0 Å². The van der Waals surface area contributed by atoms with Crippen LogP contribution in [0.4, 0.5) is 5.13 Å². The van der Waals surface area contributed by atoms with Gasteiger partial charge in [-0.05, 0) is 23.3 Å². The molecule has 3 aromatic rings. The van der Waals surface area contributed by atoms with Gasteiger partial charge in [0.05, 0.1) is 11.6 Å². The van der Waals surface area contributed by atoms with Gasteiger partial charge in [-0.3, -0.25) is 10.1 Å². The smallest absolute Gasteiger partial charge is 0.259 e. The van der Waals surface area contributed by atoms with Gasteiger partial charge in [0.1, 0.15) is 0 Å². The quantitative estimate of drug-likeness (QED) is 0.720. The first-order chi connectivity index (χ1) is 12.7. The number of carbonyl (C=O) groups excluding carboxylic acids is 1. The highest BCUT2D eigenvalue weighted by atomic mass is 32.1. The summed E-state index contributed by atoms with van der Waals surface area (Å²) in [7, 11) is 1.51. The molecule has 3 rings (SSSR count). The molecule has 1 aromatic heterocycles. The lowest BCUT2D eigenvalue weighted by Crippen LogP contribution is -2.22. The van der Waals surface area contributed by atoms with E-state index in [4.69, 9.17) is 10.00 Å². The van der Waals surface area contributed by atoms with Crippen molar-refractivity contribution in [3.63, 3.8) is 0 Å². The predicted octanol–water partition coefficient (Wildman–Crippen LogP) is 3.93. The van der Waals surface area contributed by atoms with Gasteiger partial charge in [-0.2, -0.15) is 5.26 Å². The van der Waals surface area contributed by atoms with E-state index >= 15 is 0 Å². The maximum atomic E-state index is 12.5. The lowest BCUT2D eigenvalue weighted by atomic mass is 10.1. The van der Waals surface area contributed by atoms with Crippen LogP contribution in [0.1, 0.15) is 27.7 Å². The summed E-state index contributed by atoms with van der Waals surface area (Å²) in [5, 5.41) is 12.2. The fourth-order valence-electron chi connectivity index (χ4n) is 2.54. The van der Waals surface area contributed by atoms with Crippen LogP contribution in [-0.2, 0) is 16.0 Å². The Morgan fingerprint density at radius 1 is 1.23 bits per heavy atom. The molecule has 1 unspecified atom stereocenters. The number of rotatable bonds is 6. The van der Waals surface area contributed by atoms with Crippen LogP contribution in [0.5, 0.6) is 0 Å². The van der Waals surface area contributed by atoms with Crippen molar-refractivity contribution in [1.29, 1.82) is 5.26 Å². The summed E-state index contributed by atoms with van der Waals surface area (Å²) in [4.78, 5) is 17.8. The van der Waals surface area contributed by atoms with Gasteiger partial charge < -0.3 is 4.74 Å². The number of hydrogen-bond acceptors (Lipinski definition) is 5. The normalized spacial score (nSPS) is 11.5. The fraction of sp³-hybridized carbons (Fsp3) is 0.150. The molecule has 0 spiro atoms. The Hall–Kier alpha value is -3.01. The molecule has 5 nitrogen and oxygen atoms in total. The Kier molecular flexibility index (Phi) is 5.74. The molecule has 0 radical (unpaired) electrons. The SMILES string of the molecule is COC(C(=O)Nc1ncc(Cc2ccc(C#N)cc2)s1)c1ccccc1. The van der Waals surface area contributed by atoms with Gasteiger partial charge in [-0.25, -0.2) is 4.98 Å². The number of ether oxygens (including phenoxy) is 1. The number of thiazole rings is 1. The summed E-state index contributed by atoms with van der Waals surface area (Å²) in [6, 6.07) is 18.9. The van der Waals surface area contributed by atoms with Crippen molar-refractivity contribution in [2.45, 2.75) is 12.5 Å². The summed E-state index contributed by atoms with van der Waals surface area (Å²) in [6.07, 6.45) is 1.77. The number of nitrogens with one attached hydrogen (secondary N) is 1. The van der Waals surface area contributed by atoms with Crippen molar-refractivity contribution in [3.05, 3.63) is 82.4 Å². The lowest BCUT2D eigenvalue weighted by Gasteiger charge is -2.14. The first-order valence-corrected chi connectivity index (χ1v) is 8.83. The van der Waals surface area contributed by atoms with Gasteiger partial charge in [-0.1, -0.05) is 42.5 Å². The highest BCUT2D eigenvalue weighted by Crippen LogP contribution is 2.24. The molecule has 0 saturated carbocycles. The maximum Gasteiger partial charge on any atom is 0.259 e. The van der Waals surface area contributed by atoms with Crippen molar-refractivity contribution in [1.82, 2.24) is 4.98 Å². The van der Waals surface area contributed by atoms with Gasteiger partial charge in [0, 0.05) is 24.6 Å². The average molecular weight is 363 g/mol. The molecule has 0 fully saturated rings. The van der Waals surface area contributed by atoms with Gasteiger partial charge in [0.15, 0.2) is 11.2 Å². The second-order valence-electron chi connectivity index (χ2n) is 5.63. The Morgan fingerprint density at radius 3 is 2.62 bits per heavy atom. The van der Waals surface area contributed by atoms with Crippen LogP contribution in [0, 0.1) is 11.3 Å². The van der Waals surface area contributed by atoms with Crippen molar-refractivity contribution >= 4 is 22.4 Å². The molecule has 26 heavy (non-hydrogen) atoms. The maximum absolute atomic E-state index is 12.5. The largest absolute Gasteiger partial charge is 0.367 e. The summed E-state index contributed by atoms with van der Waals surface area (Å²) in [6.45, 7) is 0. The molecule has 1 amide bonds. The minimum Gasteiger partial charge on any atom is -0.367 e. The minimum atomic E-state index is -0.679. The third-order valence-corrected chi connectivity index (χ3v) is 4.73. The fourth-order valence-corrected chi connectivity index (χ4v) is 3.39. The van der Waals surface area contributed by atoms with Gasteiger partial charge in [-0.15, -0.1) is 11.3 Å². The van der Waals surface area contributed by atoms with E-state index in [1.54, 1.807) is 18.3 Å². The molecule has 0 aliphatic heterocycles. The number of nitrogens with zero attached hydrogens (tertiary/aromatic N) is 2. The summed E-state index contributed by atoms with van der Waals surface area (Å²) >= 11 is 1.43. The summed E-state index contributed by atoms with van der Waals surface area (Å²) in [5.41, 5.74) is 2.52. The van der Waals surface area contributed by atoms with Crippen LogP contribution in [-0.4, -0.2) is 18.0 Å². The second kappa shape index (κ2) is 8.39. The van der Waals surface area contributed by atoms with Crippen molar-refractivity contribution < 1.29 is 9.53 Å².